The van der Waals surface area contributed by atoms with Gasteiger partial charge in [0.05, 0.1) is 18.9 Å². The van der Waals surface area contributed by atoms with E-state index in [0.29, 0.717) is 25.6 Å². The largest absolute Gasteiger partial charge is 0.375 e. The van der Waals surface area contributed by atoms with Gasteiger partial charge in [0.25, 0.3) is 5.56 Å². The van der Waals surface area contributed by atoms with Gasteiger partial charge >= 0.3 is 0 Å². The fourth-order valence-electron chi connectivity index (χ4n) is 2.37. The Balaban J connectivity index is 2.01. The Labute approximate surface area is 93.2 Å². The Bertz CT molecular complexity index is 449. The molecule has 1 unspecified atom stereocenters. The summed E-state index contributed by atoms with van der Waals surface area (Å²) in [4.78, 5) is 19.3. The first kappa shape index (κ1) is 9.99. The highest BCUT2D eigenvalue weighted by atomic mass is 16.5. The second-order valence-corrected chi connectivity index (χ2v) is 4.37. The lowest BCUT2D eigenvalue weighted by Crippen LogP contribution is -2.26. The molecule has 1 aromatic heterocycles. The third-order valence-electron chi connectivity index (χ3n) is 3.30. The van der Waals surface area contributed by atoms with Crippen LogP contribution >= 0.6 is 0 Å². The van der Waals surface area contributed by atoms with Crippen molar-refractivity contribution in [1.82, 2.24) is 15.3 Å². The lowest BCUT2D eigenvalue weighted by Gasteiger charge is -2.17. The predicted molar refractivity (Wildman–Crippen MR) is 58.4 cm³/mol. The summed E-state index contributed by atoms with van der Waals surface area (Å²) in [6, 6.07) is 0. The van der Waals surface area contributed by atoms with Crippen LogP contribution in [0.3, 0.4) is 0 Å². The number of nitrogens with zero attached hydrogens (tertiary/aromatic N) is 1. The van der Waals surface area contributed by atoms with E-state index >= 15 is 0 Å². The second kappa shape index (κ2) is 3.99. The van der Waals surface area contributed by atoms with Gasteiger partial charge in [-0.1, -0.05) is 0 Å². The van der Waals surface area contributed by atoms with E-state index < -0.39 is 0 Å². The molecule has 1 fully saturated rings. The van der Waals surface area contributed by atoms with Crippen LogP contribution in [0.15, 0.2) is 4.79 Å². The van der Waals surface area contributed by atoms with Crippen LogP contribution in [0.2, 0.25) is 0 Å². The maximum Gasteiger partial charge on any atom is 0.254 e. The lowest BCUT2D eigenvalue weighted by atomic mass is 10.1. The van der Waals surface area contributed by atoms with Crippen LogP contribution in [-0.4, -0.2) is 29.7 Å². The Morgan fingerprint density at radius 3 is 3.19 bits per heavy atom. The van der Waals surface area contributed by atoms with Crippen molar-refractivity contribution in [1.29, 1.82) is 0 Å². The van der Waals surface area contributed by atoms with E-state index in [0.717, 1.165) is 36.6 Å². The number of hydrogen-bond donors (Lipinski definition) is 2. The van der Waals surface area contributed by atoms with Crippen molar-refractivity contribution < 1.29 is 4.74 Å². The molecule has 0 saturated carbocycles. The highest BCUT2D eigenvalue weighted by molar-refractivity contribution is 5.20. The van der Waals surface area contributed by atoms with Crippen LogP contribution < -0.4 is 10.9 Å². The van der Waals surface area contributed by atoms with Crippen LogP contribution in [0.4, 0.5) is 0 Å². The van der Waals surface area contributed by atoms with Gasteiger partial charge in [-0.25, -0.2) is 4.98 Å². The van der Waals surface area contributed by atoms with Crippen molar-refractivity contribution in [2.75, 3.05) is 19.7 Å². The molecular formula is C11H15N3O2. The van der Waals surface area contributed by atoms with Gasteiger partial charge in [0.1, 0.15) is 5.82 Å². The number of nitrogens with one attached hydrogen (secondary N) is 2. The summed E-state index contributed by atoms with van der Waals surface area (Å²) in [6.45, 7) is 3.01. The standard InChI is InChI=1S/C11H15N3O2/c15-11-8-2-4-16-6-9(8)13-10(14-11)7-1-3-12-5-7/h7,12H,1-6H2,(H,13,14,15). The molecule has 86 valence electrons. The molecule has 0 amide bonds. The highest BCUT2D eigenvalue weighted by Crippen LogP contribution is 2.19. The van der Waals surface area contributed by atoms with E-state index in [1.54, 1.807) is 0 Å². The van der Waals surface area contributed by atoms with E-state index in [2.05, 4.69) is 15.3 Å². The molecule has 5 nitrogen and oxygen atoms in total. The SMILES string of the molecule is O=c1[nH]c(C2CCNC2)nc2c1CCOC2. The minimum atomic E-state index is 0.0233. The molecule has 0 aliphatic carbocycles. The van der Waals surface area contributed by atoms with Crippen molar-refractivity contribution in [2.24, 2.45) is 0 Å². The zero-order valence-electron chi connectivity index (χ0n) is 9.08. The number of H-pyrrole nitrogens is 1. The Hall–Kier alpha value is -1.20. The molecule has 2 N–H and O–H groups in total. The third-order valence-corrected chi connectivity index (χ3v) is 3.30. The van der Waals surface area contributed by atoms with Crippen molar-refractivity contribution in [3.05, 3.63) is 27.4 Å². The monoisotopic (exact) mass is 221 g/mol. The van der Waals surface area contributed by atoms with Crippen molar-refractivity contribution in [3.63, 3.8) is 0 Å². The molecule has 5 heteroatoms. The van der Waals surface area contributed by atoms with Crippen molar-refractivity contribution in [2.45, 2.75) is 25.4 Å². The first-order chi connectivity index (χ1) is 7.84. The molecule has 1 saturated heterocycles. The Morgan fingerprint density at radius 1 is 1.44 bits per heavy atom. The molecule has 3 rings (SSSR count). The molecule has 3 heterocycles. The minimum Gasteiger partial charge on any atom is -0.375 e. The molecule has 1 aromatic rings. The maximum atomic E-state index is 11.9. The fraction of sp³-hybridized carbons (Fsp3) is 0.636. The quantitative estimate of drug-likeness (QED) is 0.696. The smallest absolute Gasteiger partial charge is 0.254 e. The second-order valence-electron chi connectivity index (χ2n) is 4.37. The fourth-order valence-corrected chi connectivity index (χ4v) is 2.37. The van der Waals surface area contributed by atoms with Crippen molar-refractivity contribution in [3.8, 4) is 0 Å². The zero-order chi connectivity index (χ0) is 11.0. The molecule has 2 aliphatic rings. The first-order valence-electron chi connectivity index (χ1n) is 5.75. The van der Waals surface area contributed by atoms with Crippen LogP contribution in [0.5, 0.6) is 0 Å². The first-order valence-corrected chi connectivity index (χ1v) is 5.75. The van der Waals surface area contributed by atoms with Crippen LogP contribution in [0.25, 0.3) is 0 Å². The average Bonchev–Trinajstić information content (AvgIpc) is 2.82. The van der Waals surface area contributed by atoms with E-state index in [9.17, 15) is 4.79 Å². The summed E-state index contributed by atoms with van der Waals surface area (Å²) in [5.74, 6) is 1.17. The van der Waals surface area contributed by atoms with Gasteiger partial charge in [-0.05, 0) is 13.0 Å². The van der Waals surface area contributed by atoms with Crippen LogP contribution in [0.1, 0.15) is 29.4 Å². The zero-order valence-corrected chi connectivity index (χ0v) is 9.08. The minimum absolute atomic E-state index is 0.0233. The normalized spacial score (nSPS) is 24.4. The van der Waals surface area contributed by atoms with Gasteiger partial charge in [0, 0.05) is 24.4 Å². The number of aromatic amines is 1. The topological polar surface area (TPSA) is 67.0 Å². The maximum absolute atomic E-state index is 11.9. The summed E-state index contributed by atoms with van der Waals surface area (Å²) in [5, 5.41) is 3.28. The molecule has 0 bridgehead atoms. The van der Waals surface area contributed by atoms with Crippen LogP contribution in [-0.2, 0) is 17.8 Å². The molecule has 0 aromatic carbocycles. The predicted octanol–water partition coefficient (Wildman–Crippen LogP) is -0.0805. The summed E-state index contributed by atoms with van der Waals surface area (Å²) in [6.07, 6.45) is 1.73. The van der Waals surface area contributed by atoms with E-state index in [4.69, 9.17) is 4.74 Å². The number of rotatable bonds is 1. The van der Waals surface area contributed by atoms with Crippen LogP contribution in [0, 0.1) is 0 Å². The lowest BCUT2D eigenvalue weighted by molar-refractivity contribution is 0.106. The molecular weight excluding hydrogens is 206 g/mol. The molecule has 0 radical (unpaired) electrons. The molecule has 16 heavy (non-hydrogen) atoms. The molecule has 2 aliphatic heterocycles. The van der Waals surface area contributed by atoms with Gasteiger partial charge in [-0.15, -0.1) is 0 Å². The number of fused-ring (bicyclic) bond motifs is 1. The Kier molecular flexibility index (Phi) is 2.49. The van der Waals surface area contributed by atoms with Gasteiger partial charge in [0.15, 0.2) is 0 Å². The summed E-state index contributed by atoms with van der Waals surface area (Å²) in [7, 11) is 0. The van der Waals surface area contributed by atoms with Crippen molar-refractivity contribution >= 4 is 0 Å². The van der Waals surface area contributed by atoms with E-state index in [-0.39, 0.29) is 5.56 Å². The molecule has 0 spiro atoms. The summed E-state index contributed by atoms with van der Waals surface area (Å²) in [5.41, 5.74) is 1.66. The van der Waals surface area contributed by atoms with Gasteiger partial charge in [0.2, 0.25) is 0 Å². The van der Waals surface area contributed by atoms with Gasteiger partial charge < -0.3 is 15.0 Å². The summed E-state index contributed by atoms with van der Waals surface area (Å²) < 4.78 is 5.34. The third kappa shape index (κ3) is 1.66. The van der Waals surface area contributed by atoms with E-state index in [1.165, 1.54) is 0 Å². The van der Waals surface area contributed by atoms with Gasteiger partial charge in [-0.2, -0.15) is 0 Å². The summed E-state index contributed by atoms with van der Waals surface area (Å²) >= 11 is 0. The number of ether oxygens (including phenoxy) is 1. The molecule has 1 atom stereocenters. The highest BCUT2D eigenvalue weighted by Gasteiger charge is 2.22. The number of hydrogen-bond acceptors (Lipinski definition) is 4. The average molecular weight is 221 g/mol. The van der Waals surface area contributed by atoms with Gasteiger partial charge in [-0.3, -0.25) is 4.79 Å². The van der Waals surface area contributed by atoms with E-state index in [1.807, 2.05) is 0 Å². The number of aromatic nitrogens is 2. The Morgan fingerprint density at radius 2 is 2.38 bits per heavy atom.